The van der Waals surface area contributed by atoms with Crippen LogP contribution in [0.15, 0.2) is 71.1 Å². The van der Waals surface area contributed by atoms with Crippen molar-refractivity contribution in [2.24, 2.45) is 0 Å². The number of para-hydroxylation sites is 1. The van der Waals surface area contributed by atoms with Gasteiger partial charge in [0.1, 0.15) is 12.4 Å². The number of Topliss-reactive ketones (excluding diaryl/α,β-unsaturated/α-hetero) is 1. The molecule has 0 saturated carbocycles. The molecule has 7 heteroatoms. The van der Waals surface area contributed by atoms with Crippen LogP contribution >= 0.6 is 11.6 Å². The van der Waals surface area contributed by atoms with Crippen LogP contribution in [-0.4, -0.2) is 39.2 Å². The van der Waals surface area contributed by atoms with Gasteiger partial charge in [-0.05, 0) is 42.7 Å². The van der Waals surface area contributed by atoms with Gasteiger partial charge in [-0.3, -0.25) is 4.79 Å². The van der Waals surface area contributed by atoms with E-state index in [2.05, 4.69) is 5.32 Å². The standard InChI is InChI=1S/C27H28ClNO5/c1-16-24(27(31)34-13-12-32-2)25(17-8-10-19(28)11-9-17)26-21(29-16)14-18(15-22(26)30)20-6-4-5-7-23(20)33-3/h4-11,18,25,29H,12-15H2,1-3H3. The maximum Gasteiger partial charge on any atom is 0.336 e. The lowest BCUT2D eigenvalue weighted by Gasteiger charge is -2.37. The summed E-state index contributed by atoms with van der Waals surface area (Å²) in [5.74, 6) is -0.255. The van der Waals surface area contributed by atoms with Crippen molar-refractivity contribution in [3.05, 3.63) is 87.2 Å². The van der Waals surface area contributed by atoms with Gasteiger partial charge in [0.25, 0.3) is 0 Å². The molecule has 0 saturated heterocycles. The van der Waals surface area contributed by atoms with Gasteiger partial charge in [0.05, 0.1) is 19.3 Å². The molecule has 1 heterocycles. The second-order valence-electron chi connectivity index (χ2n) is 8.44. The van der Waals surface area contributed by atoms with Gasteiger partial charge in [0.2, 0.25) is 0 Å². The number of carbonyl (C=O) groups is 2. The summed E-state index contributed by atoms with van der Waals surface area (Å²) in [5.41, 5.74) is 4.37. The fourth-order valence-corrected chi connectivity index (χ4v) is 4.94. The van der Waals surface area contributed by atoms with E-state index in [4.69, 9.17) is 25.8 Å². The molecule has 6 nitrogen and oxygen atoms in total. The Morgan fingerprint density at radius 3 is 2.50 bits per heavy atom. The van der Waals surface area contributed by atoms with E-state index in [9.17, 15) is 9.59 Å². The summed E-state index contributed by atoms with van der Waals surface area (Å²) in [7, 11) is 3.19. The summed E-state index contributed by atoms with van der Waals surface area (Å²) in [6.45, 7) is 2.27. The van der Waals surface area contributed by atoms with Gasteiger partial charge in [-0.2, -0.15) is 0 Å². The molecular formula is C27H28ClNO5. The third-order valence-electron chi connectivity index (χ3n) is 6.35. The minimum absolute atomic E-state index is 0.000650. The van der Waals surface area contributed by atoms with Gasteiger partial charge in [-0.1, -0.05) is 41.9 Å². The summed E-state index contributed by atoms with van der Waals surface area (Å²) < 4.78 is 16.0. The lowest BCUT2D eigenvalue weighted by molar-refractivity contribution is -0.140. The molecule has 1 aliphatic carbocycles. The number of methoxy groups -OCH3 is 2. The number of nitrogens with one attached hydrogen (secondary N) is 1. The van der Waals surface area contributed by atoms with Crippen LogP contribution in [-0.2, 0) is 19.1 Å². The second kappa shape index (κ2) is 10.5. The Balaban J connectivity index is 1.75. The zero-order valence-electron chi connectivity index (χ0n) is 19.5. The van der Waals surface area contributed by atoms with Crippen LogP contribution in [0.4, 0.5) is 0 Å². The molecule has 1 aliphatic heterocycles. The molecule has 178 valence electrons. The minimum atomic E-state index is -0.533. The van der Waals surface area contributed by atoms with E-state index in [-0.39, 0.29) is 18.3 Å². The predicted octanol–water partition coefficient (Wildman–Crippen LogP) is 4.90. The van der Waals surface area contributed by atoms with Crippen LogP contribution in [0.3, 0.4) is 0 Å². The van der Waals surface area contributed by atoms with Gasteiger partial charge in [-0.15, -0.1) is 0 Å². The molecule has 2 atom stereocenters. The van der Waals surface area contributed by atoms with E-state index in [1.54, 1.807) is 26.4 Å². The Hall–Kier alpha value is -3.09. The van der Waals surface area contributed by atoms with E-state index in [0.29, 0.717) is 41.3 Å². The highest BCUT2D eigenvalue weighted by Gasteiger charge is 2.41. The van der Waals surface area contributed by atoms with E-state index in [1.807, 2.05) is 43.3 Å². The first-order valence-corrected chi connectivity index (χ1v) is 11.6. The topological polar surface area (TPSA) is 73.9 Å². The fraction of sp³-hybridized carbons (Fsp3) is 0.333. The van der Waals surface area contributed by atoms with Crippen molar-refractivity contribution in [2.75, 3.05) is 27.4 Å². The third-order valence-corrected chi connectivity index (χ3v) is 6.60. The maximum atomic E-state index is 13.6. The number of ketones is 1. The molecule has 2 aromatic carbocycles. The van der Waals surface area contributed by atoms with Gasteiger partial charge >= 0.3 is 5.97 Å². The number of rotatable bonds is 7. The molecule has 0 bridgehead atoms. The van der Waals surface area contributed by atoms with Gasteiger partial charge < -0.3 is 19.5 Å². The number of ether oxygens (including phenoxy) is 3. The molecule has 4 rings (SSSR count). The Labute approximate surface area is 204 Å². The number of hydrogen-bond donors (Lipinski definition) is 1. The molecule has 0 aromatic heterocycles. The van der Waals surface area contributed by atoms with Crippen LogP contribution in [0.5, 0.6) is 5.75 Å². The van der Waals surface area contributed by atoms with E-state index in [0.717, 1.165) is 22.6 Å². The highest BCUT2D eigenvalue weighted by atomic mass is 35.5. The summed E-state index contributed by atoms with van der Waals surface area (Å²) in [6, 6.07) is 15.0. The number of allylic oxidation sites excluding steroid dienone is 3. The molecule has 2 aromatic rings. The predicted molar refractivity (Wildman–Crippen MR) is 130 cm³/mol. The number of dihydropyridines is 1. The zero-order chi connectivity index (χ0) is 24.2. The number of esters is 1. The Kier molecular flexibility index (Phi) is 7.39. The van der Waals surface area contributed by atoms with Crippen molar-refractivity contribution >= 4 is 23.4 Å². The molecule has 34 heavy (non-hydrogen) atoms. The van der Waals surface area contributed by atoms with Gasteiger partial charge in [-0.25, -0.2) is 4.79 Å². The van der Waals surface area contributed by atoms with Crippen molar-refractivity contribution in [2.45, 2.75) is 31.6 Å². The molecule has 0 spiro atoms. The highest BCUT2D eigenvalue weighted by Crippen LogP contribution is 2.47. The van der Waals surface area contributed by atoms with Crippen molar-refractivity contribution in [1.82, 2.24) is 5.32 Å². The maximum absolute atomic E-state index is 13.6. The van der Waals surface area contributed by atoms with Crippen molar-refractivity contribution in [3.63, 3.8) is 0 Å². The van der Waals surface area contributed by atoms with E-state index < -0.39 is 11.9 Å². The Bertz CT molecular complexity index is 1150. The Morgan fingerprint density at radius 2 is 1.79 bits per heavy atom. The lowest BCUT2D eigenvalue weighted by atomic mass is 9.71. The molecule has 0 radical (unpaired) electrons. The SMILES string of the molecule is COCCOC(=O)C1=C(C)NC2=C(C(=O)CC(c3ccccc3OC)C2)C1c1ccc(Cl)cc1. The van der Waals surface area contributed by atoms with Crippen LogP contribution in [0, 0.1) is 0 Å². The first kappa shape index (κ1) is 24.0. The number of benzene rings is 2. The average molecular weight is 482 g/mol. The molecule has 0 amide bonds. The normalized spacial score (nSPS) is 20.1. The summed E-state index contributed by atoms with van der Waals surface area (Å²) in [5, 5.41) is 3.94. The quantitative estimate of drug-likeness (QED) is 0.448. The summed E-state index contributed by atoms with van der Waals surface area (Å²) in [6.07, 6.45) is 0.963. The second-order valence-corrected chi connectivity index (χ2v) is 8.88. The molecule has 2 unspecified atom stereocenters. The minimum Gasteiger partial charge on any atom is -0.496 e. The largest absolute Gasteiger partial charge is 0.496 e. The third kappa shape index (κ3) is 4.74. The van der Waals surface area contributed by atoms with Crippen LogP contribution in [0.25, 0.3) is 0 Å². The number of hydrogen-bond acceptors (Lipinski definition) is 6. The summed E-state index contributed by atoms with van der Waals surface area (Å²) in [4.78, 5) is 26.8. The number of halogens is 1. The van der Waals surface area contributed by atoms with Crippen LogP contribution in [0.1, 0.15) is 42.7 Å². The molecule has 0 fully saturated rings. The van der Waals surface area contributed by atoms with Crippen molar-refractivity contribution in [3.8, 4) is 5.75 Å². The molecule has 2 aliphatic rings. The Morgan fingerprint density at radius 1 is 1.06 bits per heavy atom. The first-order valence-electron chi connectivity index (χ1n) is 11.2. The van der Waals surface area contributed by atoms with Crippen molar-refractivity contribution < 1.29 is 23.8 Å². The zero-order valence-corrected chi connectivity index (χ0v) is 20.3. The smallest absolute Gasteiger partial charge is 0.336 e. The van der Waals surface area contributed by atoms with Crippen molar-refractivity contribution in [1.29, 1.82) is 0 Å². The fourth-order valence-electron chi connectivity index (χ4n) is 4.82. The highest BCUT2D eigenvalue weighted by molar-refractivity contribution is 6.30. The number of carbonyl (C=O) groups excluding carboxylic acids is 2. The van der Waals surface area contributed by atoms with Crippen LogP contribution < -0.4 is 10.1 Å². The van der Waals surface area contributed by atoms with Gasteiger partial charge in [0.15, 0.2) is 5.78 Å². The molecule has 1 N–H and O–H groups in total. The monoisotopic (exact) mass is 481 g/mol. The summed E-state index contributed by atoms with van der Waals surface area (Å²) >= 11 is 6.12. The van der Waals surface area contributed by atoms with E-state index >= 15 is 0 Å². The van der Waals surface area contributed by atoms with E-state index in [1.165, 1.54) is 0 Å². The average Bonchev–Trinajstić information content (AvgIpc) is 2.83. The van der Waals surface area contributed by atoms with Crippen LogP contribution in [0.2, 0.25) is 5.02 Å². The molecular weight excluding hydrogens is 454 g/mol. The first-order chi connectivity index (χ1) is 16.4. The van der Waals surface area contributed by atoms with Gasteiger partial charge in [0, 0.05) is 47.4 Å². The lowest BCUT2D eigenvalue weighted by Crippen LogP contribution is -2.36.